The zero-order chi connectivity index (χ0) is 19.3. The predicted molar refractivity (Wildman–Crippen MR) is 112 cm³/mol. The van der Waals surface area contributed by atoms with E-state index in [4.69, 9.17) is 16.7 Å². The van der Waals surface area contributed by atoms with E-state index in [1.165, 1.54) is 12.8 Å². The average Bonchev–Trinajstić information content (AvgIpc) is 3.01. The topological polar surface area (TPSA) is 47.9 Å². The van der Waals surface area contributed by atoms with Crippen LogP contribution in [0.2, 0.25) is 5.02 Å². The molecule has 0 saturated carbocycles. The number of benzene rings is 2. The van der Waals surface area contributed by atoms with Crippen LogP contribution >= 0.6 is 11.6 Å². The number of amides is 2. The van der Waals surface area contributed by atoms with Gasteiger partial charge in [-0.2, -0.15) is 5.10 Å². The summed E-state index contributed by atoms with van der Waals surface area (Å²) < 4.78 is 0. The van der Waals surface area contributed by atoms with Crippen LogP contribution in [0.3, 0.4) is 0 Å². The molecule has 1 saturated heterocycles. The maximum Gasteiger partial charge on any atom is 0.352 e. The minimum absolute atomic E-state index is 0.0227. The monoisotopic (exact) mass is 396 g/mol. The summed E-state index contributed by atoms with van der Waals surface area (Å²) in [5.74, 6) is 0.0227. The van der Waals surface area contributed by atoms with Crippen LogP contribution in [0, 0.1) is 0 Å². The first-order valence-electron chi connectivity index (χ1n) is 9.93. The van der Waals surface area contributed by atoms with E-state index < -0.39 is 0 Å². The Labute approximate surface area is 170 Å². The van der Waals surface area contributed by atoms with Gasteiger partial charge in [0.1, 0.15) is 0 Å². The third kappa shape index (κ3) is 4.37. The summed E-state index contributed by atoms with van der Waals surface area (Å²) in [7, 11) is 0. The van der Waals surface area contributed by atoms with Gasteiger partial charge in [-0.1, -0.05) is 66.9 Å². The van der Waals surface area contributed by atoms with Crippen molar-refractivity contribution in [3.05, 3.63) is 70.7 Å². The van der Waals surface area contributed by atoms with E-state index in [1.807, 2.05) is 59.6 Å². The molecule has 6 heteroatoms. The fraction of sp³-hybridized carbons (Fsp3) is 0.364. The molecule has 2 aliphatic heterocycles. The molecule has 5 nitrogen and oxygen atoms in total. The summed E-state index contributed by atoms with van der Waals surface area (Å²) in [5.41, 5.74) is 6.10. The molecule has 1 N–H and O–H groups in total. The molecule has 2 heterocycles. The zero-order valence-corrected chi connectivity index (χ0v) is 16.6. The lowest BCUT2D eigenvalue weighted by Gasteiger charge is -2.23. The molecule has 28 heavy (non-hydrogen) atoms. The molecule has 2 aromatic carbocycles. The molecule has 2 aliphatic rings. The molecular formula is C22H25ClN4O. The number of carbonyl (C=O) groups excluding carboxylic acids is 1. The van der Waals surface area contributed by atoms with Crippen molar-refractivity contribution in [1.29, 1.82) is 0 Å². The van der Waals surface area contributed by atoms with Gasteiger partial charge in [0.15, 0.2) is 0 Å². The first-order valence-corrected chi connectivity index (χ1v) is 10.3. The van der Waals surface area contributed by atoms with Crippen molar-refractivity contribution < 1.29 is 4.79 Å². The summed E-state index contributed by atoms with van der Waals surface area (Å²) in [4.78, 5) is 12.9. The van der Waals surface area contributed by atoms with Gasteiger partial charge < -0.3 is 0 Å². The highest BCUT2D eigenvalue weighted by atomic mass is 35.5. The zero-order valence-electron chi connectivity index (χ0n) is 15.9. The van der Waals surface area contributed by atoms with E-state index in [0.717, 1.165) is 42.8 Å². The molecule has 2 aromatic rings. The van der Waals surface area contributed by atoms with E-state index in [1.54, 1.807) is 5.01 Å². The summed E-state index contributed by atoms with van der Waals surface area (Å²) in [5, 5.41) is 9.00. The molecule has 0 spiro atoms. The average molecular weight is 397 g/mol. The van der Waals surface area contributed by atoms with Crippen LogP contribution in [0.4, 0.5) is 4.79 Å². The van der Waals surface area contributed by atoms with Crippen molar-refractivity contribution in [1.82, 2.24) is 15.4 Å². The fourth-order valence-corrected chi connectivity index (χ4v) is 3.96. The third-order valence-corrected chi connectivity index (χ3v) is 5.60. The van der Waals surface area contributed by atoms with Crippen molar-refractivity contribution >= 4 is 23.3 Å². The highest BCUT2D eigenvalue weighted by Gasteiger charge is 2.32. The largest absolute Gasteiger partial charge is 0.352 e. The Morgan fingerprint density at radius 2 is 1.64 bits per heavy atom. The van der Waals surface area contributed by atoms with E-state index >= 15 is 0 Å². The number of hydrogen-bond acceptors (Lipinski definition) is 3. The van der Waals surface area contributed by atoms with Gasteiger partial charge in [-0.3, -0.25) is 5.43 Å². The first kappa shape index (κ1) is 19.0. The molecule has 2 amide bonds. The van der Waals surface area contributed by atoms with Gasteiger partial charge in [-0.25, -0.2) is 14.8 Å². The molecule has 4 rings (SSSR count). The molecule has 0 radical (unpaired) electrons. The highest BCUT2D eigenvalue weighted by Crippen LogP contribution is 2.29. The van der Waals surface area contributed by atoms with Crippen LogP contribution in [0.25, 0.3) is 0 Å². The third-order valence-electron chi connectivity index (χ3n) is 5.35. The summed E-state index contributed by atoms with van der Waals surface area (Å²) in [6.07, 6.45) is 4.69. The second-order valence-electron chi connectivity index (χ2n) is 7.36. The first-order chi connectivity index (χ1) is 13.7. The van der Waals surface area contributed by atoms with Crippen molar-refractivity contribution in [2.24, 2.45) is 5.10 Å². The lowest BCUT2D eigenvalue weighted by Crippen LogP contribution is -2.47. The van der Waals surface area contributed by atoms with Gasteiger partial charge in [0, 0.05) is 24.0 Å². The van der Waals surface area contributed by atoms with Crippen LogP contribution in [-0.4, -0.2) is 41.4 Å². The Hall–Kier alpha value is -2.37. The highest BCUT2D eigenvalue weighted by molar-refractivity contribution is 6.30. The lowest BCUT2D eigenvalue weighted by molar-refractivity contribution is 0.151. The van der Waals surface area contributed by atoms with Gasteiger partial charge in [0.25, 0.3) is 0 Å². The number of hydrogen-bond donors (Lipinski definition) is 1. The summed E-state index contributed by atoms with van der Waals surface area (Å²) >= 11 is 6.06. The quantitative estimate of drug-likeness (QED) is 0.821. The number of urea groups is 1. The second kappa shape index (κ2) is 8.76. The van der Waals surface area contributed by atoms with Crippen LogP contribution < -0.4 is 5.43 Å². The van der Waals surface area contributed by atoms with Gasteiger partial charge in [0.05, 0.1) is 12.3 Å². The molecule has 1 fully saturated rings. The number of carbonyl (C=O) groups is 1. The van der Waals surface area contributed by atoms with E-state index in [2.05, 4.69) is 5.43 Å². The minimum atomic E-state index is -0.160. The predicted octanol–water partition coefficient (Wildman–Crippen LogP) is 4.64. The van der Waals surface area contributed by atoms with Crippen LogP contribution in [0.1, 0.15) is 42.7 Å². The molecule has 0 bridgehead atoms. The van der Waals surface area contributed by atoms with Crippen LogP contribution in [0.15, 0.2) is 59.7 Å². The Bertz CT molecular complexity index is 829. The standard InChI is InChI=1S/C22H25ClN4O/c23-19-12-10-17(11-13-19)20-16-27(24-21(20)18-8-4-3-5-9-18)22(28)25-26-14-6-1-2-7-15-26/h3-5,8-13,20H,1-2,6-7,14-16H2,(H,25,28). The van der Waals surface area contributed by atoms with E-state index in [-0.39, 0.29) is 11.9 Å². The van der Waals surface area contributed by atoms with E-state index in [9.17, 15) is 4.79 Å². The Morgan fingerprint density at radius 1 is 0.964 bits per heavy atom. The fourth-order valence-electron chi connectivity index (χ4n) is 3.83. The lowest BCUT2D eigenvalue weighted by atomic mass is 9.91. The minimum Gasteiger partial charge on any atom is -0.269 e. The number of halogens is 1. The van der Waals surface area contributed by atoms with Gasteiger partial charge in [0.2, 0.25) is 0 Å². The molecule has 1 atom stereocenters. The molecule has 0 aromatic heterocycles. The van der Waals surface area contributed by atoms with Gasteiger partial charge in [-0.15, -0.1) is 0 Å². The Kier molecular flexibility index (Phi) is 5.93. The number of nitrogens with zero attached hydrogens (tertiary/aromatic N) is 3. The number of nitrogens with one attached hydrogen (secondary N) is 1. The maximum atomic E-state index is 12.9. The number of hydrazone groups is 1. The van der Waals surface area contributed by atoms with Crippen molar-refractivity contribution in [3.8, 4) is 0 Å². The Morgan fingerprint density at radius 3 is 2.32 bits per heavy atom. The normalized spacial score (nSPS) is 20.5. The van der Waals surface area contributed by atoms with Gasteiger partial charge >= 0.3 is 6.03 Å². The maximum absolute atomic E-state index is 12.9. The SMILES string of the molecule is O=C(NN1CCCCCC1)N1CC(c2ccc(Cl)cc2)C(c2ccccc2)=N1. The molecular weight excluding hydrogens is 372 g/mol. The van der Waals surface area contributed by atoms with Crippen molar-refractivity contribution in [2.75, 3.05) is 19.6 Å². The summed E-state index contributed by atoms with van der Waals surface area (Å²) in [6.45, 7) is 2.32. The second-order valence-corrected chi connectivity index (χ2v) is 7.79. The molecule has 146 valence electrons. The smallest absolute Gasteiger partial charge is 0.269 e. The number of rotatable bonds is 3. The van der Waals surface area contributed by atoms with Gasteiger partial charge in [-0.05, 0) is 36.1 Å². The van der Waals surface area contributed by atoms with Crippen molar-refractivity contribution in [3.63, 3.8) is 0 Å². The van der Waals surface area contributed by atoms with Crippen LogP contribution in [-0.2, 0) is 0 Å². The van der Waals surface area contributed by atoms with E-state index in [0.29, 0.717) is 11.6 Å². The van der Waals surface area contributed by atoms with Crippen LogP contribution in [0.5, 0.6) is 0 Å². The Balaban J connectivity index is 1.56. The number of hydrazine groups is 1. The molecule has 0 aliphatic carbocycles. The molecule has 1 unspecified atom stereocenters. The van der Waals surface area contributed by atoms with Crippen molar-refractivity contribution in [2.45, 2.75) is 31.6 Å². The summed E-state index contributed by atoms with van der Waals surface area (Å²) in [6, 6.07) is 17.7.